The number of aromatic nitrogens is 7. The van der Waals surface area contributed by atoms with E-state index in [1.165, 1.54) is 24.0 Å². The Kier molecular flexibility index (Phi) is 4.21. The quantitative estimate of drug-likeness (QED) is 0.329. The fourth-order valence-corrected chi connectivity index (χ4v) is 4.91. The molecule has 0 saturated heterocycles. The van der Waals surface area contributed by atoms with Crippen LogP contribution in [-0.4, -0.2) is 34.3 Å². The molecule has 0 amide bonds. The van der Waals surface area contributed by atoms with E-state index in [1.54, 1.807) is 6.92 Å². The second kappa shape index (κ2) is 6.53. The molecule has 14 heteroatoms. The lowest BCUT2D eigenvalue weighted by molar-refractivity contribution is -0.141. The number of aryl methyl sites for hydroxylation is 2. The smallest absolute Gasteiger partial charge is 0.262 e. The summed E-state index contributed by atoms with van der Waals surface area (Å²) in [6, 6.07) is 1.30. The third-order valence-electron chi connectivity index (χ3n) is 4.68. The Hall–Kier alpha value is -2.93. The molecule has 0 spiro atoms. The maximum atomic E-state index is 13.1. The first-order valence-electron chi connectivity index (χ1n) is 8.59. The van der Waals surface area contributed by atoms with Gasteiger partial charge in [0.15, 0.2) is 11.3 Å². The lowest BCUT2D eigenvalue weighted by Gasteiger charge is -2.01. The average molecular weight is 474 g/mol. The SMILES string of the molecule is Cc1cc(C(F)F)nc2sc3c(ncn4nc(-c5c(Cl)c(C(F)(F)F)nn5C)nc34)c12. The maximum absolute atomic E-state index is 13.1. The molecule has 5 aromatic rings. The largest absolute Gasteiger partial charge is 0.436 e. The first kappa shape index (κ1) is 20.0. The number of hydrogen-bond donors (Lipinski definition) is 0. The minimum Gasteiger partial charge on any atom is -0.262 e. The fourth-order valence-electron chi connectivity index (χ4n) is 3.37. The number of pyridine rings is 1. The Morgan fingerprint density at radius 1 is 1.16 bits per heavy atom. The van der Waals surface area contributed by atoms with E-state index in [0.29, 0.717) is 26.0 Å². The van der Waals surface area contributed by atoms with Crippen LogP contribution in [0.2, 0.25) is 5.02 Å². The molecule has 0 aliphatic rings. The van der Waals surface area contributed by atoms with Gasteiger partial charge >= 0.3 is 6.18 Å². The van der Waals surface area contributed by atoms with E-state index in [9.17, 15) is 22.0 Å². The molecule has 0 aliphatic heterocycles. The van der Waals surface area contributed by atoms with E-state index >= 15 is 0 Å². The Morgan fingerprint density at radius 3 is 2.55 bits per heavy atom. The highest BCUT2D eigenvalue weighted by Gasteiger charge is 2.39. The molecule has 0 fully saturated rings. The Bertz CT molecular complexity index is 1500. The van der Waals surface area contributed by atoms with Crippen molar-refractivity contribution >= 4 is 49.0 Å². The van der Waals surface area contributed by atoms with E-state index in [0.717, 1.165) is 16.0 Å². The van der Waals surface area contributed by atoms with Crippen LogP contribution in [0, 0.1) is 6.92 Å². The molecule has 5 aromatic heterocycles. The molecule has 5 heterocycles. The van der Waals surface area contributed by atoms with Crippen molar-refractivity contribution in [3.8, 4) is 11.5 Å². The predicted molar refractivity (Wildman–Crippen MR) is 103 cm³/mol. The highest BCUT2D eigenvalue weighted by Crippen LogP contribution is 2.40. The number of rotatable bonds is 2. The number of hydrogen-bond acceptors (Lipinski definition) is 6. The van der Waals surface area contributed by atoms with Gasteiger partial charge in [-0.3, -0.25) is 4.68 Å². The lowest BCUT2D eigenvalue weighted by Crippen LogP contribution is -2.07. The summed E-state index contributed by atoms with van der Waals surface area (Å²) in [6.45, 7) is 1.68. The van der Waals surface area contributed by atoms with Gasteiger partial charge in [-0.2, -0.15) is 18.3 Å². The van der Waals surface area contributed by atoms with E-state index in [2.05, 4.69) is 25.1 Å². The highest BCUT2D eigenvalue weighted by atomic mass is 35.5. The van der Waals surface area contributed by atoms with Crippen molar-refractivity contribution in [1.29, 1.82) is 0 Å². The summed E-state index contributed by atoms with van der Waals surface area (Å²) in [6.07, 6.45) is -6.12. The minimum atomic E-state index is -4.74. The molecule has 0 aromatic carbocycles. The Labute approximate surface area is 178 Å². The van der Waals surface area contributed by atoms with Crippen LogP contribution in [0.4, 0.5) is 22.0 Å². The highest BCUT2D eigenvalue weighted by molar-refractivity contribution is 7.26. The van der Waals surface area contributed by atoms with Crippen molar-refractivity contribution in [2.45, 2.75) is 19.5 Å². The summed E-state index contributed by atoms with van der Waals surface area (Å²) in [4.78, 5) is 13.1. The lowest BCUT2D eigenvalue weighted by atomic mass is 10.1. The van der Waals surface area contributed by atoms with Crippen LogP contribution in [0.5, 0.6) is 0 Å². The van der Waals surface area contributed by atoms with Crippen LogP contribution in [-0.2, 0) is 13.2 Å². The summed E-state index contributed by atoms with van der Waals surface area (Å²) >= 11 is 7.04. The molecule has 0 aliphatic carbocycles. The van der Waals surface area contributed by atoms with Gasteiger partial charge in [0.25, 0.3) is 6.43 Å². The molecule has 0 radical (unpaired) electrons. The van der Waals surface area contributed by atoms with Gasteiger partial charge in [-0.1, -0.05) is 11.6 Å². The normalized spacial score (nSPS) is 12.8. The van der Waals surface area contributed by atoms with Crippen LogP contribution in [0.1, 0.15) is 23.4 Å². The first-order chi connectivity index (χ1) is 14.6. The molecule has 0 N–H and O–H groups in total. The zero-order valence-corrected chi connectivity index (χ0v) is 17.1. The first-order valence-corrected chi connectivity index (χ1v) is 9.79. The van der Waals surface area contributed by atoms with Crippen LogP contribution < -0.4 is 0 Å². The summed E-state index contributed by atoms with van der Waals surface area (Å²) in [7, 11) is 1.30. The van der Waals surface area contributed by atoms with Crippen LogP contribution in [0.25, 0.3) is 37.6 Å². The second-order valence-corrected chi connectivity index (χ2v) is 8.08. The van der Waals surface area contributed by atoms with Gasteiger partial charge in [-0.05, 0) is 18.6 Å². The number of fused-ring (bicyclic) bond motifs is 5. The van der Waals surface area contributed by atoms with Gasteiger partial charge in [0.2, 0.25) is 5.82 Å². The molecule has 160 valence electrons. The molecular formula is C17H9ClF5N7S. The van der Waals surface area contributed by atoms with Gasteiger partial charge in [0, 0.05) is 12.4 Å². The molecule has 0 atom stereocenters. The van der Waals surface area contributed by atoms with Crippen LogP contribution in [0.3, 0.4) is 0 Å². The summed E-state index contributed by atoms with van der Waals surface area (Å²) in [5, 5.41) is 7.61. The number of thiophene rings is 1. The van der Waals surface area contributed by atoms with Gasteiger partial charge in [0.05, 0.1) is 5.52 Å². The van der Waals surface area contributed by atoms with Gasteiger partial charge < -0.3 is 0 Å². The van der Waals surface area contributed by atoms with E-state index in [1.807, 2.05) is 0 Å². The van der Waals surface area contributed by atoms with Crippen molar-refractivity contribution in [3.05, 3.63) is 34.4 Å². The van der Waals surface area contributed by atoms with Gasteiger partial charge in [-0.25, -0.2) is 28.2 Å². The fraction of sp³-hybridized carbons (Fsp3) is 0.235. The number of halogens is 6. The molecule has 0 bridgehead atoms. The van der Waals surface area contributed by atoms with Crippen molar-refractivity contribution in [2.24, 2.45) is 7.05 Å². The van der Waals surface area contributed by atoms with Crippen LogP contribution >= 0.6 is 22.9 Å². The molecule has 5 rings (SSSR count). The number of nitrogens with zero attached hydrogens (tertiary/aromatic N) is 7. The Balaban J connectivity index is 1.77. The molecule has 7 nitrogen and oxygen atoms in total. The van der Waals surface area contributed by atoms with Crippen molar-refractivity contribution in [2.75, 3.05) is 0 Å². The van der Waals surface area contributed by atoms with Gasteiger partial charge in [0.1, 0.15) is 32.3 Å². The Morgan fingerprint density at radius 2 is 1.90 bits per heavy atom. The van der Waals surface area contributed by atoms with Gasteiger partial charge in [-0.15, -0.1) is 16.4 Å². The molecule has 0 saturated carbocycles. The monoisotopic (exact) mass is 473 g/mol. The summed E-state index contributed by atoms with van der Waals surface area (Å²) < 4.78 is 68.4. The number of alkyl halides is 5. The topological polar surface area (TPSA) is 73.8 Å². The zero-order chi connectivity index (χ0) is 22.2. The van der Waals surface area contributed by atoms with Crippen molar-refractivity contribution < 1.29 is 22.0 Å². The molecule has 0 unspecified atom stereocenters. The van der Waals surface area contributed by atoms with Crippen LogP contribution in [0.15, 0.2) is 12.4 Å². The standard InChI is InChI=1S/C17H9ClF5N7S/c1-5-3-6(13(19)20)25-16-7(5)9-11(31-16)15-26-14(28-30(15)4-24-9)10-8(18)12(17(21,22)23)27-29(10)2/h3-4,13H,1-2H3. The average Bonchev–Trinajstić information content (AvgIpc) is 3.33. The third kappa shape index (κ3) is 2.94. The summed E-state index contributed by atoms with van der Waals surface area (Å²) in [5.41, 5.74) is -0.351. The third-order valence-corrected chi connectivity index (χ3v) is 6.10. The predicted octanol–water partition coefficient (Wildman–Crippen LogP) is 5.21. The van der Waals surface area contributed by atoms with Crippen molar-refractivity contribution in [3.63, 3.8) is 0 Å². The van der Waals surface area contributed by atoms with Crippen molar-refractivity contribution in [1.82, 2.24) is 34.3 Å². The van der Waals surface area contributed by atoms with E-state index in [-0.39, 0.29) is 22.9 Å². The molecule has 31 heavy (non-hydrogen) atoms. The van der Waals surface area contributed by atoms with E-state index < -0.39 is 23.3 Å². The maximum Gasteiger partial charge on any atom is 0.436 e. The zero-order valence-electron chi connectivity index (χ0n) is 15.5. The van der Waals surface area contributed by atoms with E-state index in [4.69, 9.17) is 11.6 Å². The second-order valence-electron chi connectivity index (χ2n) is 6.71. The minimum absolute atomic E-state index is 0.0831. The molecular weight excluding hydrogens is 465 g/mol. The summed E-state index contributed by atoms with van der Waals surface area (Å²) in [5.74, 6) is -0.0831.